The molecular formula is C30H30N4O2. The zero-order valence-corrected chi connectivity index (χ0v) is 20.7. The van der Waals surface area contributed by atoms with Gasteiger partial charge in [-0.2, -0.15) is 10.5 Å². The molecule has 36 heavy (non-hydrogen) atoms. The fourth-order valence-corrected chi connectivity index (χ4v) is 4.05. The molecule has 0 aliphatic carbocycles. The molecule has 0 aromatic heterocycles. The Morgan fingerprint density at radius 3 is 1.25 bits per heavy atom. The Balaban J connectivity index is 1.81. The summed E-state index contributed by atoms with van der Waals surface area (Å²) in [5.41, 5.74) is 2.84. The van der Waals surface area contributed by atoms with Gasteiger partial charge in [0.25, 0.3) is 11.8 Å². The molecule has 0 spiro atoms. The monoisotopic (exact) mass is 478 g/mol. The molecule has 0 N–H and O–H groups in total. The number of carbonyl (C=O) groups excluding carboxylic acids is 2. The summed E-state index contributed by atoms with van der Waals surface area (Å²) in [7, 11) is 0. The van der Waals surface area contributed by atoms with Gasteiger partial charge in [0.15, 0.2) is 0 Å². The first-order valence-electron chi connectivity index (χ1n) is 12.1. The second-order valence-corrected chi connectivity index (χ2v) is 8.52. The van der Waals surface area contributed by atoms with E-state index in [-0.39, 0.29) is 11.8 Å². The van der Waals surface area contributed by atoms with Crippen LogP contribution in [-0.4, -0.2) is 33.7 Å². The Hall–Kier alpha value is -4.42. The van der Waals surface area contributed by atoms with E-state index < -0.39 is 12.1 Å². The lowest BCUT2D eigenvalue weighted by atomic mass is 10.1. The van der Waals surface area contributed by atoms with Crippen LogP contribution in [0.2, 0.25) is 0 Å². The van der Waals surface area contributed by atoms with Crippen LogP contribution in [0.1, 0.15) is 58.5 Å². The van der Waals surface area contributed by atoms with E-state index in [1.165, 1.54) is 0 Å². The lowest BCUT2D eigenvalue weighted by molar-refractivity contribution is 0.0690. The van der Waals surface area contributed by atoms with E-state index in [4.69, 9.17) is 0 Å². The average Bonchev–Trinajstić information content (AvgIpc) is 2.94. The molecule has 2 amide bonds. The van der Waals surface area contributed by atoms with Crippen LogP contribution in [0.25, 0.3) is 0 Å². The summed E-state index contributed by atoms with van der Waals surface area (Å²) in [6.45, 7) is 4.37. The van der Waals surface area contributed by atoms with Gasteiger partial charge in [-0.15, -0.1) is 0 Å². The van der Waals surface area contributed by atoms with Gasteiger partial charge in [0.2, 0.25) is 0 Å². The van der Waals surface area contributed by atoms with Crippen LogP contribution in [0.5, 0.6) is 0 Å². The third kappa shape index (κ3) is 6.37. The SMILES string of the molecule is CC[C@@H](C#N)N(Cc1ccc(CN(C(=O)c2ccccc2)[C@H](C#N)CC)cc1)C(=O)c1ccccc1. The zero-order chi connectivity index (χ0) is 25.9. The number of hydrogen-bond donors (Lipinski definition) is 0. The summed E-state index contributed by atoms with van der Waals surface area (Å²) >= 11 is 0. The molecule has 0 bridgehead atoms. The number of nitriles is 2. The summed E-state index contributed by atoms with van der Waals surface area (Å²) in [5.74, 6) is -0.375. The largest absolute Gasteiger partial charge is 0.318 e. The van der Waals surface area contributed by atoms with Crippen molar-refractivity contribution < 1.29 is 9.59 Å². The molecule has 0 radical (unpaired) electrons. The molecule has 182 valence electrons. The molecule has 0 fully saturated rings. The van der Waals surface area contributed by atoms with Crippen LogP contribution < -0.4 is 0 Å². The fourth-order valence-electron chi connectivity index (χ4n) is 4.05. The van der Waals surface area contributed by atoms with Crippen molar-refractivity contribution in [3.8, 4) is 12.1 Å². The van der Waals surface area contributed by atoms with E-state index in [9.17, 15) is 20.1 Å². The summed E-state index contributed by atoms with van der Waals surface area (Å²) in [6.07, 6.45) is 1.05. The summed E-state index contributed by atoms with van der Waals surface area (Å²) in [6, 6.07) is 28.9. The Morgan fingerprint density at radius 1 is 0.639 bits per heavy atom. The molecule has 0 saturated heterocycles. The third-order valence-electron chi connectivity index (χ3n) is 6.12. The highest BCUT2D eigenvalue weighted by atomic mass is 16.2. The predicted molar refractivity (Wildman–Crippen MR) is 138 cm³/mol. The summed E-state index contributed by atoms with van der Waals surface area (Å²) < 4.78 is 0. The minimum Gasteiger partial charge on any atom is -0.318 e. The van der Waals surface area contributed by atoms with Crippen molar-refractivity contribution in [1.29, 1.82) is 10.5 Å². The molecule has 6 nitrogen and oxygen atoms in total. The highest BCUT2D eigenvalue weighted by Gasteiger charge is 2.25. The van der Waals surface area contributed by atoms with Crippen LogP contribution in [0, 0.1) is 22.7 Å². The van der Waals surface area contributed by atoms with Gasteiger partial charge in [0.1, 0.15) is 12.1 Å². The number of nitrogens with zero attached hydrogens (tertiary/aromatic N) is 4. The smallest absolute Gasteiger partial charge is 0.255 e. The average molecular weight is 479 g/mol. The van der Waals surface area contributed by atoms with E-state index >= 15 is 0 Å². The van der Waals surface area contributed by atoms with Gasteiger partial charge in [-0.05, 0) is 48.2 Å². The molecule has 3 rings (SSSR count). The van der Waals surface area contributed by atoms with Crippen LogP contribution in [-0.2, 0) is 13.1 Å². The van der Waals surface area contributed by atoms with E-state index in [1.54, 1.807) is 58.3 Å². The topological polar surface area (TPSA) is 88.2 Å². The normalized spacial score (nSPS) is 12.0. The van der Waals surface area contributed by atoms with Crippen molar-refractivity contribution in [2.45, 2.75) is 51.9 Å². The van der Waals surface area contributed by atoms with E-state index in [0.717, 1.165) is 11.1 Å². The third-order valence-corrected chi connectivity index (χ3v) is 6.12. The lowest BCUT2D eigenvalue weighted by Gasteiger charge is -2.28. The molecule has 0 unspecified atom stereocenters. The maximum Gasteiger partial charge on any atom is 0.255 e. The molecule has 0 aliphatic rings. The Labute approximate surface area is 213 Å². The van der Waals surface area contributed by atoms with Crippen molar-refractivity contribution >= 4 is 11.8 Å². The number of benzene rings is 3. The minimum atomic E-state index is -0.544. The van der Waals surface area contributed by atoms with Crippen LogP contribution in [0.3, 0.4) is 0 Å². The van der Waals surface area contributed by atoms with Crippen molar-refractivity contribution in [3.05, 3.63) is 107 Å². The Kier molecular flexibility index (Phi) is 9.37. The predicted octanol–water partition coefficient (Wildman–Crippen LogP) is 5.58. The Morgan fingerprint density at radius 2 is 0.972 bits per heavy atom. The molecule has 3 aromatic rings. The van der Waals surface area contributed by atoms with Gasteiger partial charge < -0.3 is 9.80 Å². The van der Waals surface area contributed by atoms with E-state index in [0.29, 0.717) is 37.1 Å². The van der Waals surface area contributed by atoms with Gasteiger partial charge in [0.05, 0.1) is 12.1 Å². The van der Waals surface area contributed by atoms with E-state index in [1.807, 2.05) is 50.2 Å². The first kappa shape index (κ1) is 26.2. The molecular weight excluding hydrogens is 448 g/mol. The lowest BCUT2D eigenvalue weighted by Crippen LogP contribution is -2.39. The van der Waals surface area contributed by atoms with Crippen molar-refractivity contribution in [2.75, 3.05) is 0 Å². The summed E-state index contributed by atoms with van der Waals surface area (Å²) in [5, 5.41) is 19.3. The highest BCUT2D eigenvalue weighted by molar-refractivity contribution is 5.95. The van der Waals surface area contributed by atoms with Crippen LogP contribution in [0.4, 0.5) is 0 Å². The van der Waals surface area contributed by atoms with Crippen molar-refractivity contribution in [2.24, 2.45) is 0 Å². The number of hydrogen-bond acceptors (Lipinski definition) is 4. The van der Waals surface area contributed by atoms with Crippen molar-refractivity contribution in [1.82, 2.24) is 9.80 Å². The van der Waals surface area contributed by atoms with Crippen molar-refractivity contribution in [3.63, 3.8) is 0 Å². The number of amides is 2. The molecule has 2 atom stereocenters. The molecule has 0 aliphatic heterocycles. The molecule has 6 heteroatoms. The maximum absolute atomic E-state index is 13.2. The van der Waals surface area contributed by atoms with Gasteiger partial charge in [-0.1, -0.05) is 74.5 Å². The Bertz CT molecular complexity index is 1130. The fraction of sp³-hybridized carbons (Fsp3) is 0.267. The number of carbonyl (C=O) groups is 2. The second kappa shape index (κ2) is 12.9. The molecule has 0 saturated carbocycles. The molecule has 3 aromatic carbocycles. The second-order valence-electron chi connectivity index (χ2n) is 8.52. The zero-order valence-electron chi connectivity index (χ0n) is 20.7. The number of rotatable bonds is 10. The van der Waals surface area contributed by atoms with Gasteiger partial charge >= 0.3 is 0 Å². The highest BCUT2D eigenvalue weighted by Crippen LogP contribution is 2.19. The minimum absolute atomic E-state index is 0.187. The summed E-state index contributed by atoms with van der Waals surface area (Å²) in [4.78, 5) is 29.5. The van der Waals surface area contributed by atoms with Crippen LogP contribution in [0.15, 0.2) is 84.9 Å². The first-order valence-corrected chi connectivity index (χ1v) is 12.1. The van der Waals surface area contributed by atoms with E-state index in [2.05, 4.69) is 12.1 Å². The first-order chi connectivity index (χ1) is 17.5. The van der Waals surface area contributed by atoms with Gasteiger partial charge in [-0.25, -0.2) is 0 Å². The van der Waals surface area contributed by atoms with Crippen LogP contribution >= 0.6 is 0 Å². The maximum atomic E-state index is 13.2. The van der Waals surface area contributed by atoms with Gasteiger partial charge in [-0.3, -0.25) is 9.59 Å². The standard InChI is InChI=1S/C30H30N4O2/c1-3-27(19-31)33(29(35)25-11-7-5-8-12-25)21-23-15-17-24(18-16-23)22-34(28(4-2)20-32)30(36)26-13-9-6-10-14-26/h5-18,27-28H,3-4,21-22H2,1-2H3/t27-,28-/m0/s1. The molecule has 0 heterocycles. The van der Waals surface area contributed by atoms with Gasteiger partial charge in [0, 0.05) is 24.2 Å². The quantitative estimate of drug-likeness (QED) is 0.381.